The minimum Gasteiger partial charge on any atom is -0.392 e. The minimum atomic E-state index is -0.0379. The van der Waals surface area contributed by atoms with Crippen LogP contribution in [0.3, 0.4) is 0 Å². The fourth-order valence-electron chi connectivity index (χ4n) is 2.05. The van der Waals surface area contributed by atoms with Crippen molar-refractivity contribution in [3.63, 3.8) is 0 Å². The average molecular weight is 254 g/mol. The van der Waals surface area contributed by atoms with Crippen LogP contribution in [0.25, 0.3) is 0 Å². The second-order valence-electron chi connectivity index (χ2n) is 4.98. The van der Waals surface area contributed by atoms with E-state index in [-0.39, 0.29) is 12.4 Å². The van der Waals surface area contributed by atoms with Crippen LogP contribution >= 0.6 is 0 Å². The maximum atomic E-state index is 11.2. The number of aliphatic hydroxyl groups excluding tert-OH is 1. The van der Waals surface area contributed by atoms with Crippen LogP contribution in [0, 0.1) is 0 Å². The van der Waals surface area contributed by atoms with Gasteiger partial charge in [0.2, 0.25) is 0 Å². The molecule has 0 aromatic rings. The van der Waals surface area contributed by atoms with Crippen molar-refractivity contribution in [3.8, 4) is 0 Å². The Kier molecular flexibility index (Phi) is 13.9. The first kappa shape index (κ1) is 17.4. The highest BCUT2D eigenvalue weighted by molar-refractivity contribution is 5.89. The van der Waals surface area contributed by atoms with Gasteiger partial charge in [0.25, 0.3) is 0 Å². The molecule has 0 heterocycles. The molecule has 0 radical (unpaired) electrons. The molecule has 106 valence electrons. The quantitative estimate of drug-likeness (QED) is 0.390. The van der Waals surface area contributed by atoms with Crippen molar-refractivity contribution in [2.75, 3.05) is 6.61 Å². The molecular weight excluding hydrogens is 224 g/mol. The molecule has 0 bridgehead atoms. The molecule has 0 rings (SSSR count). The normalized spacial score (nSPS) is 11.2. The molecule has 0 aliphatic rings. The molecule has 0 aliphatic heterocycles. The average Bonchev–Trinajstić information content (AvgIpc) is 2.38. The van der Waals surface area contributed by atoms with Gasteiger partial charge in [0.1, 0.15) is 0 Å². The molecule has 0 atom stereocenters. The fraction of sp³-hybridized carbons (Fsp3) is 0.812. The molecule has 1 N–H and O–H groups in total. The first-order valence-corrected chi connectivity index (χ1v) is 7.61. The Morgan fingerprint density at radius 1 is 0.889 bits per heavy atom. The van der Waals surface area contributed by atoms with Crippen LogP contribution in [0.15, 0.2) is 12.2 Å². The Bertz CT molecular complexity index is 209. The maximum Gasteiger partial charge on any atom is 0.155 e. The van der Waals surface area contributed by atoms with Gasteiger partial charge in [-0.3, -0.25) is 4.79 Å². The van der Waals surface area contributed by atoms with E-state index in [0.29, 0.717) is 6.42 Å². The number of allylic oxidation sites excluding steroid dienone is 1. The summed E-state index contributed by atoms with van der Waals surface area (Å²) in [6.45, 7) is 2.21. The highest BCUT2D eigenvalue weighted by Crippen LogP contribution is 2.11. The number of carbonyl (C=O) groups excluding carboxylic acids is 1. The van der Waals surface area contributed by atoms with E-state index in [1.807, 2.05) is 0 Å². The highest BCUT2D eigenvalue weighted by atomic mass is 16.2. The van der Waals surface area contributed by atoms with E-state index in [9.17, 15) is 4.79 Å². The molecule has 0 fully saturated rings. The van der Waals surface area contributed by atoms with Gasteiger partial charge >= 0.3 is 0 Å². The van der Waals surface area contributed by atoms with Gasteiger partial charge in [-0.2, -0.15) is 0 Å². The minimum absolute atomic E-state index is 0.0379. The van der Waals surface area contributed by atoms with E-state index < -0.39 is 0 Å². The zero-order valence-electron chi connectivity index (χ0n) is 12.0. The molecule has 2 heteroatoms. The van der Waals surface area contributed by atoms with Gasteiger partial charge in [-0.1, -0.05) is 70.8 Å². The van der Waals surface area contributed by atoms with Crippen LogP contribution < -0.4 is 0 Å². The number of rotatable bonds is 13. The number of hydrogen-bond acceptors (Lipinski definition) is 2. The van der Waals surface area contributed by atoms with Crippen LogP contribution in [0.2, 0.25) is 0 Å². The van der Waals surface area contributed by atoms with Crippen molar-refractivity contribution in [1.29, 1.82) is 0 Å². The molecule has 2 nitrogen and oxygen atoms in total. The van der Waals surface area contributed by atoms with Gasteiger partial charge in [-0.05, 0) is 12.5 Å². The second-order valence-corrected chi connectivity index (χ2v) is 4.98. The van der Waals surface area contributed by atoms with Crippen molar-refractivity contribution >= 4 is 5.78 Å². The topological polar surface area (TPSA) is 37.3 Å². The van der Waals surface area contributed by atoms with Crippen LogP contribution in [-0.4, -0.2) is 17.5 Å². The zero-order valence-corrected chi connectivity index (χ0v) is 12.0. The summed E-state index contributed by atoms with van der Waals surface area (Å²) in [5, 5.41) is 8.52. The summed E-state index contributed by atoms with van der Waals surface area (Å²) < 4.78 is 0. The lowest BCUT2D eigenvalue weighted by molar-refractivity contribution is -0.114. The van der Waals surface area contributed by atoms with Gasteiger partial charge in [-0.15, -0.1) is 0 Å². The number of hydrogen-bond donors (Lipinski definition) is 1. The van der Waals surface area contributed by atoms with E-state index in [1.165, 1.54) is 63.5 Å². The molecule has 0 aromatic carbocycles. The lowest BCUT2D eigenvalue weighted by atomic mass is 10.0. The Balaban J connectivity index is 3.11. The fourth-order valence-corrected chi connectivity index (χ4v) is 2.05. The van der Waals surface area contributed by atoms with Crippen molar-refractivity contribution in [3.05, 3.63) is 12.2 Å². The van der Waals surface area contributed by atoms with E-state index in [2.05, 4.69) is 6.92 Å². The number of carbonyl (C=O) groups is 1. The predicted molar refractivity (Wildman–Crippen MR) is 77.7 cm³/mol. The second kappa shape index (κ2) is 14.4. The SMILES string of the molecule is CCCCCCCCCCCCC(=O)/C=C/CO. The molecular formula is C16H30O2. The van der Waals surface area contributed by atoms with Gasteiger partial charge < -0.3 is 5.11 Å². The third kappa shape index (κ3) is 13.4. The van der Waals surface area contributed by atoms with Crippen LogP contribution in [0.5, 0.6) is 0 Å². The lowest BCUT2D eigenvalue weighted by Crippen LogP contribution is -1.93. The molecule has 0 saturated carbocycles. The summed E-state index contributed by atoms with van der Waals surface area (Å²) in [6, 6.07) is 0. The summed E-state index contributed by atoms with van der Waals surface area (Å²) in [5.41, 5.74) is 0. The van der Waals surface area contributed by atoms with Gasteiger partial charge in [0.15, 0.2) is 5.78 Å². The summed E-state index contributed by atoms with van der Waals surface area (Å²) >= 11 is 0. The molecule has 0 unspecified atom stereocenters. The summed E-state index contributed by atoms with van der Waals surface area (Å²) in [5.74, 6) is 0.142. The summed E-state index contributed by atoms with van der Waals surface area (Å²) in [6.07, 6.45) is 16.6. The van der Waals surface area contributed by atoms with Crippen LogP contribution in [0.4, 0.5) is 0 Å². The molecule has 0 spiro atoms. The zero-order chi connectivity index (χ0) is 13.5. The molecule has 0 aromatic heterocycles. The van der Waals surface area contributed by atoms with Gasteiger partial charge in [0.05, 0.1) is 6.61 Å². The van der Waals surface area contributed by atoms with Crippen LogP contribution in [0.1, 0.15) is 77.6 Å². The standard InChI is InChI=1S/C16H30O2/c1-2-3-4-5-6-7-8-9-10-11-13-16(18)14-12-15-17/h12,14,17H,2-11,13,15H2,1H3/b14-12+. The summed E-state index contributed by atoms with van der Waals surface area (Å²) in [4.78, 5) is 11.2. The Labute approximate surface area is 112 Å². The summed E-state index contributed by atoms with van der Waals surface area (Å²) in [7, 11) is 0. The van der Waals surface area contributed by atoms with Crippen LogP contribution in [-0.2, 0) is 4.79 Å². The third-order valence-corrected chi connectivity index (χ3v) is 3.19. The Hall–Kier alpha value is -0.630. The smallest absolute Gasteiger partial charge is 0.155 e. The molecule has 0 amide bonds. The van der Waals surface area contributed by atoms with E-state index in [4.69, 9.17) is 5.11 Å². The van der Waals surface area contributed by atoms with Gasteiger partial charge in [-0.25, -0.2) is 0 Å². The monoisotopic (exact) mass is 254 g/mol. The first-order chi connectivity index (χ1) is 8.81. The van der Waals surface area contributed by atoms with Crippen molar-refractivity contribution < 1.29 is 9.90 Å². The largest absolute Gasteiger partial charge is 0.392 e. The van der Waals surface area contributed by atoms with E-state index >= 15 is 0 Å². The number of ketones is 1. The Morgan fingerprint density at radius 2 is 1.39 bits per heavy atom. The third-order valence-electron chi connectivity index (χ3n) is 3.19. The maximum absolute atomic E-state index is 11.2. The lowest BCUT2D eigenvalue weighted by Gasteiger charge is -2.01. The highest BCUT2D eigenvalue weighted by Gasteiger charge is 1.97. The molecule has 0 aliphatic carbocycles. The molecule has 0 saturated heterocycles. The molecule has 18 heavy (non-hydrogen) atoms. The van der Waals surface area contributed by atoms with Crippen molar-refractivity contribution in [2.45, 2.75) is 77.6 Å². The van der Waals surface area contributed by atoms with Crippen molar-refractivity contribution in [1.82, 2.24) is 0 Å². The first-order valence-electron chi connectivity index (χ1n) is 7.61. The van der Waals surface area contributed by atoms with Gasteiger partial charge in [0, 0.05) is 6.42 Å². The number of aliphatic hydroxyl groups is 1. The van der Waals surface area contributed by atoms with E-state index in [1.54, 1.807) is 0 Å². The predicted octanol–water partition coefficient (Wildman–Crippen LogP) is 4.42. The van der Waals surface area contributed by atoms with E-state index in [0.717, 1.165) is 12.8 Å². The Morgan fingerprint density at radius 3 is 1.89 bits per heavy atom. The number of unbranched alkanes of at least 4 members (excludes halogenated alkanes) is 9. The van der Waals surface area contributed by atoms with Crippen molar-refractivity contribution in [2.24, 2.45) is 0 Å².